The highest BCUT2D eigenvalue weighted by Gasteiger charge is 2.27. The lowest BCUT2D eigenvalue weighted by Crippen LogP contribution is -2.39. The Bertz CT molecular complexity index is 1350. The highest BCUT2D eigenvalue weighted by atomic mass is 16.3. The van der Waals surface area contributed by atoms with Gasteiger partial charge in [0.2, 0.25) is 17.8 Å². The largest absolute Gasteiger partial charge is 0.393 e. The van der Waals surface area contributed by atoms with Gasteiger partial charge in [-0.1, -0.05) is 96.0 Å². The Labute approximate surface area is 187 Å². The molecule has 0 saturated carbocycles. The number of rotatable bonds is 6. The van der Waals surface area contributed by atoms with E-state index in [1.807, 2.05) is 34.9 Å². The normalized spacial score (nSPS) is 11.2. The van der Waals surface area contributed by atoms with E-state index in [-0.39, 0.29) is 6.61 Å². The van der Waals surface area contributed by atoms with Gasteiger partial charge in [0.25, 0.3) is 0 Å². The number of nitrogen functional groups attached to an aromatic ring is 1. The number of hydrogen-bond donors (Lipinski definition) is 2. The Morgan fingerprint density at radius 3 is 2.03 bits per heavy atom. The van der Waals surface area contributed by atoms with Crippen LogP contribution in [0.5, 0.6) is 0 Å². The van der Waals surface area contributed by atoms with E-state index in [0.29, 0.717) is 18.9 Å². The Hall–Kier alpha value is -3.96. The number of aliphatic hydroxyl groups excluding tert-OH is 1. The second-order valence-corrected chi connectivity index (χ2v) is 7.77. The van der Waals surface area contributed by atoms with Crippen LogP contribution in [-0.2, 0) is 13.1 Å². The smallest absolute Gasteiger partial charge is 0.232 e. The molecule has 0 aliphatic rings. The molecular formula is C27H25N4O+. The van der Waals surface area contributed by atoms with Crippen molar-refractivity contribution in [3.63, 3.8) is 0 Å². The van der Waals surface area contributed by atoms with Crippen molar-refractivity contribution in [1.82, 2.24) is 9.55 Å². The van der Waals surface area contributed by atoms with Crippen molar-refractivity contribution in [2.24, 2.45) is 0 Å². The van der Waals surface area contributed by atoms with E-state index >= 15 is 0 Å². The Balaban J connectivity index is 1.89. The van der Waals surface area contributed by atoms with Crippen LogP contribution in [0.15, 0.2) is 97.3 Å². The molecule has 0 saturated heterocycles. The van der Waals surface area contributed by atoms with E-state index in [9.17, 15) is 5.11 Å². The maximum atomic E-state index is 9.53. The summed E-state index contributed by atoms with van der Waals surface area (Å²) in [7, 11) is 0. The molecule has 5 heteroatoms. The zero-order valence-corrected chi connectivity index (χ0v) is 17.7. The summed E-state index contributed by atoms with van der Waals surface area (Å²) >= 11 is 0. The molecule has 0 atom stereocenters. The van der Waals surface area contributed by atoms with Crippen LogP contribution < -0.4 is 10.3 Å². The van der Waals surface area contributed by atoms with Gasteiger partial charge in [0, 0.05) is 5.56 Å². The SMILES string of the molecule is Nc1c2c(-c3ccccc3)c(-c3ccccc3)n(Cc3ccccc3)c2nc[n+]1CCO. The van der Waals surface area contributed by atoms with Crippen LogP contribution in [0, 0.1) is 0 Å². The quantitative estimate of drug-likeness (QED) is 0.402. The molecule has 0 bridgehead atoms. The van der Waals surface area contributed by atoms with Gasteiger partial charge >= 0.3 is 0 Å². The standard InChI is InChI=1S/C27H24N4O/c28-26-24-23(21-12-6-2-7-13-21)25(22-14-8-3-9-15-22)31(18-20-10-4-1-5-11-20)27(24)29-19-30(26)16-17-32/h1-15,19,28,32H,16-18H2/p+1. The molecule has 0 spiro atoms. The summed E-state index contributed by atoms with van der Waals surface area (Å²) in [6.45, 7) is 1.07. The molecule has 32 heavy (non-hydrogen) atoms. The van der Waals surface area contributed by atoms with Crippen LogP contribution in [0.2, 0.25) is 0 Å². The van der Waals surface area contributed by atoms with Crippen molar-refractivity contribution < 1.29 is 9.67 Å². The second kappa shape index (κ2) is 8.65. The highest BCUT2D eigenvalue weighted by Crippen LogP contribution is 2.42. The predicted molar refractivity (Wildman–Crippen MR) is 128 cm³/mol. The second-order valence-electron chi connectivity index (χ2n) is 7.77. The van der Waals surface area contributed by atoms with Crippen LogP contribution in [0.3, 0.4) is 0 Å². The number of fused-ring (bicyclic) bond motifs is 1. The van der Waals surface area contributed by atoms with Gasteiger partial charge in [0.05, 0.1) is 25.4 Å². The first-order chi connectivity index (χ1) is 15.8. The summed E-state index contributed by atoms with van der Waals surface area (Å²) in [5, 5.41) is 10.4. The third-order valence-electron chi connectivity index (χ3n) is 5.76. The number of anilines is 1. The predicted octanol–water partition coefficient (Wildman–Crippen LogP) is 4.28. The number of nitrogens with two attached hydrogens (primary N) is 1. The molecular weight excluding hydrogens is 396 g/mol. The van der Waals surface area contributed by atoms with Crippen molar-refractivity contribution in [2.75, 3.05) is 12.3 Å². The minimum atomic E-state index is -0.00100. The van der Waals surface area contributed by atoms with Gasteiger partial charge in [0.15, 0.2) is 0 Å². The first kappa shape index (κ1) is 20.0. The van der Waals surface area contributed by atoms with E-state index in [0.717, 1.165) is 33.4 Å². The molecule has 0 aliphatic heterocycles. The lowest BCUT2D eigenvalue weighted by Gasteiger charge is -2.12. The van der Waals surface area contributed by atoms with Crippen LogP contribution in [0.1, 0.15) is 5.56 Å². The molecule has 0 radical (unpaired) electrons. The lowest BCUT2D eigenvalue weighted by molar-refractivity contribution is -0.685. The molecule has 2 aromatic heterocycles. The molecule has 0 amide bonds. The van der Waals surface area contributed by atoms with Crippen molar-refractivity contribution in [3.05, 3.63) is 103 Å². The van der Waals surface area contributed by atoms with Crippen molar-refractivity contribution >= 4 is 16.9 Å². The van der Waals surface area contributed by atoms with Crippen molar-refractivity contribution in [2.45, 2.75) is 13.1 Å². The maximum absolute atomic E-state index is 9.53. The van der Waals surface area contributed by atoms with Crippen LogP contribution in [-0.4, -0.2) is 21.3 Å². The third kappa shape index (κ3) is 3.53. The molecule has 5 rings (SSSR count). The number of nitrogens with zero attached hydrogens (tertiary/aromatic N) is 3. The summed E-state index contributed by atoms with van der Waals surface area (Å²) < 4.78 is 4.07. The summed E-state index contributed by atoms with van der Waals surface area (Å²) in [5.74, 6) is 0.604. The zero-order chi connectivity index (χ0) is 21.9. The van der Waals surface area contributed by atoms with Crippen LogP contribution >= 0.6 is 0 Å². The summed E-state index contributed by atoms with van der Waals surface area (Å²) in [6.07, 6.45) is 1.72. The Kier molecular flexibility index (Phi) is 5.40. The molecule has 158 valence electrons. The van der Waals surface area contributed by atoms with E-state index in [4.69, 9.17) is 10.7 Å². The van der Waals surface area contributed by atoms with E-state index in [1.54, 1.807) is 6.33 Å². The van der Waals surface area contributed by atoms with Gasteiger partial charge in [-0.05, 0) is 16.7 Å². The third-order valence-corrected chi connectivity index (χ3v) is 5.76. The van der Waals surface area contributed by atoms with E-state index in [1.165, 1.54) is 5.56 Å². The highest BCUT2D eigenvalue weighted by molar-refractivity contribution is 6.07. The molecule has 3 N–H and O–H groups in total. The molecule has 0 aliphatic carbocycles. The average Bonchev–Trinajstić information content (AvgIpc) is 3.17. The van der Waals surface area contributed by atoms with Crippen molar-refractivity contribution in [1.29, 1.82) is 0 Å². The fourth-order valence-corrected chi connectivity index (χ4v) is 4.30. The lowest BCUT2D eigenvalue weighted by atomic mass is 9.99. The Morgan fingerprint density at radius 2 is 1.41 bits per heavy atom. The molecule has 0 fully saturated rings. The number of hydrogen-bond acceptors (Lipinski definition) is 3. The van der Waals surface area contributed by atoms with Gasteiger partial charge in [-0.2, -0.15) is 0 Å². The minimum absolute atomic E-state index is 0.00100. The van der Waals surface area contributed by atoms with E-state index < -0.39 is 0 Å². The molecule has 5 aromatic rings. The van der Waals surface area contributed by atoms with Crippen LogP contribution in [0.25, 0.3) is 33.4 Å². The van der Waals surface area contributed by atoms with Gasteiger partial charge in [-0.15, -0.1) is 0 Å². The Morgan fingerprint density at radius 1 is 0.812 bits per heavy atom. The molecule has 3 aromatic carbocycles. The summed E-state index contributed by atoms with van der Waals surface area (Å²) in [4.78, 5) is 4.82. The van der Waals surface area contributed by atoms with Gasteiger partial charge in [-0.25, -0.2) is 4.57 Å². The van der Waals surface area contributed by atoms with Gasteiger partial charge in [0.1, 0.15) is 5.39 Å². The fourth-order valence-electron chi connectivity index (χ4n) is 4.30. The molecule has 5 nitrogen and oxygen atoms in total. The number of aliphatic hydroxyl groups is 1. The zero-order valence-electron chi connectivity index (χ0n) is 17.7. The maximum Gasteiger partial charge on any atom is 0.232 e. The van der Waals surface area contributed by atoms with Gasteiger partial charge in [-0.3, -0.25) is 0 Å². The van der Waals surface area contributed by atoms with E-state index in [2.05, 4.69) is 65.2 Å². The first-order valence-electron chi connectivity index (χ1n) is 10.7. The minimum Gasteiger partial charge on any atom is -0.393 e. The number of benzene rings is 3. The van der Waals surface area contributed by atoms with Crippen molar-refractivity contribution in [3.8, 4) is 22.4 Å². The summed E-state index contributed by atoms with van der Waals surface area (Å²) in [5.41, 5.74) is 13.0. The van der Waals surface area contributed by atoms with Crippen LogP contribution in [0.4, 0.5) is 5.82 Å². The molecule has 0 unspecified atom stereocenters. The fraction of sp³-hybridized carbons (Fsp3) is 0.111. The monoisotopic (exact) mass is 421 g/mol. The average molecular weight is 422 g/mol. The van der Waals surface area contributed by atoms with Gasteiger partial charge < -0.3 is 15.4 Å². The summed E-state index contributed by atoms with van der Waals surface area (Å²) in [6, 6.07) is 31.1. The topological polar surface area (TPSA) is 68.0 Å². The molecule has 2 heterocycles. The first-order valence-corrected chi connectivity index (χ1v) is 10.7. The number of aromatic nitrogens is 3.